The van der Waals surface area contributed by atoms with E-state index in [0.717, 1.165) is 30.2 Å². The Morgan fingerprint density at radius 1 is 1.14 bits per heavy atom. The third-order valence-corrected chi connectivity index (χ3v) is 3.71. The van der Waals surface area contributed by atoms with Crippen molar-refractivity contribution in [1.29, 1.82) is 0 Å². The molecule has 21 heavy (non-hydrogen) atoms. The molecule has 0 amide bonds. The van der Waals surface area contributed by atoms with E-state index in [1.54, 1.807) is 12.3 Å². The maximum atomic E-state index is 6.03. The van der Waals surface area contributed by atoms with Gasteiger partial charge in [0.25, 0.3) is 0 Å². The second-order valence-electron chi connectivity index (χ2n) is 5.41. The third-order valence-electron chi connectivity index (χ3n) is 2.97. The fourth-order valence-corrected chi connectivity index (χ4v) is 2.27. The zero-order valence-electron chi connectivity index (χ0n) is 12.2. The van der Waals surface area contributed by atoms with Gasteiger partial charge in [0.15, 0.2) is 0 Å². The van der Waals surface area contributed by atoms with Crippen LogP contribution < -0.4 is 5.32 Å². The summed E-state index contributed by atoms with van der Waals surface area (Å²) in [6.07, 6.45) is 2.45. The number of hydrogen-bond donors (Lipinski definition) is 1. The average molecular weight is 324 g/mol. The molecule has 1 heterocycles. The van der Waals surface area contributed by atoms with Gasteiger partial charge in [-0.15, -0.1) is 0 Å². The van der Waals surface area contributed by atoms with Crippen LogP contribution in [-0.4, -0.2) is 16.5 Å². The summed E-state index contributed by atoms with van der Waals surface area (Å²) in [6.45, 7) is 6.10. The lowest BCUT2D eigenvalue weighted by Crippen LogP contribution is -2.20. The molecule has 0 saturated carbocycles. The van der Waals surface area contributed by atoms with Crippen molar-refractivity contribution < 1.29 is 0 Å². The van der Waals surface area contributed by atoms with Crippen molar-refractivity contribution in [2.75, 3.05) is 6.54 Å². The van der Waals surface area contributed by atoms with Gasteiger partial charge in [-0.05, 0) is 36.2 Å². The molecule has 0 radical (unpaired) electrons. The minimum atomic E-state index is 0.559. The number of halogens is 2. The Morgan fingerprint density at radius 2 is 1.95 bits per heavy atom. The van der Waals surface area contributed by atoms with Crippen molar-refractivity contribution >= 4 is 23.2 Å². The molecule has 1 aromatic heterocycles. The van der Waals surface area contributed by atoms with Crippen molar-refractivity contribution in [1.82, 2.24) is 15.3 Å². The Labute approximate surface area is 135 Å². The minimum Gasteiger partial charge on any atom is -0.311 e. The van der Waals surface area contributed by atoms with Gasteiger partial charge in [-0.3, -0.25) is 0 Å². The number of nitrogens with one attached hydrogen (secondary N) is 1. The second-order valence-corrected chi connectivity index (χ2v) is 6.23. The van der Waals surface area contributed by atoms with Gasteiger partial charge in [0.2, 0.25) is 0 Å². The van der Waals surface area contributed by atoms with E-state index in [1.807, 2.05) is 18.2 Å². The fraction of sp³-hybridized carbons (Fsp3) is 0.375. The summed E-state index contributed by atoms with van der Waals surface area (Å²) in [5.74, 6) is 1.42. The number of benzene rings is 1. The molecule has 0 atom stereocenters. The zero-order valence-corrected chi connectivity index (χ0v) is 13.7. The Bertz CT molecular complexity index is 600. The molecule has 3 nitrogen and oxygen atoms in total. The summed E-state index contributed by atoms with van der Waals surface area (Å²) >= 11 is 11.9. The van der Waals surface area contributed by atoms with Gasteiger partial charge in [0.05, 0.1) is 15.7 Å². The molecule has 0 spiro atoms. The number of hydrogen-bond acceptors (Lipinski definition) is 3. The maximum Gasteiger partial charge on any atom is 0.132 e. The molecule has 0 saturated heterocycles. The summed E-state index contributed by atoms with van der Waals surface area (Å²) < 4.78 is 0. The molecule has 2 aromatic rings. The predicted molar refractivity (Wildman–Crippen MR) is 87.8 cm³/mol. The quantitative estimate of drug-likeness (QED) is 0.868. The first-order valence-corrected chi connectivity index (χ1v) is 7.75. The molecule has 2 rings (SSSR count). The van der Waals surface area contributed by atoms with Gasteiger partial charge >= 0.3 is 0 Å². The summed E-state index contributed by atoms with van der Waals surface area (Å²) in [4.78, 5) is 8.88. The summed E-state index contributed by atoms with van der Waals surface area (Å²) in [5, 5.41) is 4.50. The highest BCUT2D eigenvalue weighted by Gasteiger charge is 2.04. The van der Waals surface area contributed by atoms with Crippen LogP contribution in [0.5, 0.6) is 0 Å². The molecule has 0 unspecified atom stereocenters. The van der Waals surface area contributed by atoms with E-state index < -0.39 is 0 Å². The molecule has 0 aliphatic heterocycles. The van der Waals surface area contributed by atoms with Crippen LogP contribution >= 0.6 is 23.2 Å². The van der Waals surface area contributed by atoms with Crippen LogP contribution in [0.25, 0.3) is 0 Å². The molecule has 0 fully saturated rings. The van der Waals surface area contributed by atoms with E-state index >= 15 is 0 Å². The second kappa shape index (κ2) is 7.74. The van der Waals surface area contributed by atoms with Gasteiger partial charge < -0.3 is 5.32 Å². The number of aromatic nitrogens is 2. The molecule has 0 bridgehead atoms. The third kappa shape index (κ3) is 5.27. The van der Waals surface area contributed by atoms with E-state index in [1.165, 1.54) is 0 Å². The molecule has 1 aromatic carbocycles. The van der Waals surface area contributed by atoms with E-state index in [9.17, 15) is 0 Å². The Hall–Kier alpha value is -1.16. The van der Waals surface area contributed by atoms with Crippen molar-refractivity contribution in [2.45, 2.75) is 26.8 Å². The van der Waals surface area contributed by atoms with Crippen molar-refractivity contribution in [2.24, 2.45) is 5.92 Å². The Balaban J connectivity index is 2.01. The highest BCUT2D eigenvalue weighted by atomic mass is 35.5. The number of rotatable bonds is 6. The molecule has 1 N–H and O–H groups in total. The van der Waals surface area contributed by atoms with Gasteiger partial charge in [0, 0.05) is 19.2 Å². The molecular formula is C16H19Cl2N3. The van der Waals surface area contributed by atoms with Gasteiger partial charge in [-0.1, -0.05) is 43.1 Å². The zero-order chi connectivity index (χ0) is 15.2. The van der Waals surface area contributed by atoms with Gasteiger partial charge in [-0.25, -0.2) is 9.97 Å². The van der Waals surface area contributed by atoms with Crippen LogP contribution in [0, 0.1) is 5.92 Å². The van der Waals surface area contributed by atoms with E-state index in [-0.39, 0.29) is 0 Å². The first-order chi connectivity index (χ1) is 10.0. The lowest BCUT2D eigenvalue weighted by Gasteiger charge is -2.08. The SMILES string of the molecule is CC(C)CNCc1ccnc(Cc2ccc(Cl)c(Cl)c2)n1. The largest absolute Gasteiger partial charge is 0.311 e. The first kappa shape index (κ1) is 16.2. The van der Waals surface area contributed by atoms with Crippen LogP contribution in [0.2, 0.25) is 10.0 Å². The van der Waals surface area contributed by atoms with Gasteiger partial charge in [0.1, 0.15) is 5.82 Å². The van der Waals surface area contributed by atoms with E-state index in [2.05, 4.69) is 29.1 Å². The summed E-state index contributed by atoms with van der Waals surface area (Å²) in [5.41, 5.74) is 2.05. The van der Waals surface area contributed by atoms with Crippen LogP contribution in [0.1, 0.15) is 30.9 Å². The summed E-state index contributed by atoms with van der Waals surface area (Å²) in [6, 6.07) is 7.54. The van der Waals surface area contributed by atoms with Gasteiger partial charge in [-0.2, -0.15) is 0 Å². The molecule has 0 aliphatic carbocycles. The highest BCUT2D eigenvalue weighted by Crippen LogP contribution is 2.23. The van der Waals surface area contributed by atoms with Crippen LogP contribution in [0.3, 0.4) is 0 Å². The molecule has 112 valence electrons. The lowest BCUT2D eigenvalue weighted by molar-refractivity contribution is 0.547. The molecule has 5 heteroatoms. The van der Waals surface area contributed by atoms with E-state index in [4.69, 9.17) is 23.2 Å². The topological polar surface area (TPSA) is 37.8 Å². The smallest absolute Gasteiger partial charge is 0.132 e. The van der Waals surface area contributed by atoms with Crippen LogP contribution in [-0.2, 0) is 13.0 Å². The molecule has 0 aliphatic rings. The summed E-state index contributed by atoms with van der Waals surface area (Å²) in [7, 11) is 0. The Kier molecular flexibility index (Phi) is 5.97. The van der Waals surface area contributed by atoms with Crippen LogP contribution in [0.4, 0.5) is 0 Å². The van der Waals surface area contributed by atoms with Crippen molar-refractivity contribution in [3.63, 3.8) is 0 Å². The van der Waals surface area contributed by atoms with Crippen LogP contribution in [0.15, 0.2) is 30.5 Å². The van der Waals surface area contributed by atoms with Crippen molar-refractivity contribution in [3.05, 3.63) is 57.6 Å². The highest BCUT2D eigenvalue weighted by molar-refractivity contribution is 6.42. The molecular weight excluding hydrogens is 305 g/mol. The maximum absolute atomic E-state index is 6.03. The average Bonchev–Trinajstić information content (AvgIpc) is 2.43. The lowest BCUT2D eigenvalue weighted by atomic mass is 10.1. The normalized spacial score (nSPS) is 11.1. The monoisotopic (exact) mass is 323 g/mol. The standard InChI is InChI=1S/C16H19Cl2N3/c1-11(2)9-19-10-13-5-6-20-16(21-13)8-12-3-4-14(17)15(18)7-12/h3-7,11,19H,8-10H2,1-2H3. The van der Waals surface area contributed by atoms with E-state index in [0.29, 0.717) is 22.4 Å². The first-order valence-electron chi connectivity index (χ1n) is 7.00. The Morgan fingerprint density at radius 3 is 2.67 bits per heavy atom. The number of nitrogens with zero attached hydrogens (tertiary/aromatic N) is 2. The fourth-order valence-electron chi connectivity index (χ4n) is 1.95. The van der Waals surface area contributed by atoms with Crippen molar-refractivity contribution in [3.8, 4) is 0 Å². The predicted octanol–water partition coefficient (Wildman–Crippen LogP) is 4.12. The minimum absolute atomic E-state index is 0.559.